The van der Waals surface area contributed by atoms with Gasteiger partial charge in [-0.2, -0.15) is 0 Å². The largest absolute Gasteiger partial charge is 0.464 e. The normalized spacial score (nSPS) is 23.9. The molecule has 0 radical (unpaired) electrons. The Morgan fingerprint density at radius 1 is 0.410 bits per heavy atom. The highest BCUT2D eigenvalue weighted by molar-refractivity contribution is 6.00. The molecule has 2 heterocycles. The fraction of sp³-hybridized carbons (Fsp3) is 0.456. The van der Waals surface area contributed by atoms with Crippen molar-refractivity contribution in [2.24, 2.45) is 23.7 Å². The summed E-state index contributed by atoms with van der Waals surface area (Å²) in [4.78, 5) is 99.8. The van der Waals surface area contributed by atoms with E-state index >= 15 is 0 Å². The average molecular weight is 1130 g/mol. The molecule has 3 saturated carbocycles. The van der Waals surface area contributed by atoms with E-state index in [1.807, 2.05) is 84.9 Å². The maximum atomic E-state index is 14.3. The minimum Gasteiger partial charge on any atom is -0.464 e. The van der Waals surface area contributed by atoms with Gasteiger partial charge in [0, 0.05) is 79.7 Å². The zero-order valence-electron chi connectivity index (χ0n) is 47.5. The molecule has 2 aliphatic heterocycles. The predicted molar refractivity (Wildman–Crippen MR) is 316 cm³/mol. The summed E-state index contributed by atoms with van der Waals surface area (Å²) in [6, 6.07) is 46.2. The number of esters is 1. The second-order valence-corrected chi connectivity index (χ2v) is 23.6. The number of hydrogen-bond acceptors (Lipinski definition) is 9. The fourth-order valence-corrected chi connectivity index (χ4v) is 12.3. The van der Waals surface area contributed by atoms with Crippen molar-refractivity contribution in [3.63, 3.8) is 0 Å². The number of ether oxygens (including phenoxy) is 2. The summed E-state index contributed by atoms with van der Waals surface area (Å²) in [6.07, 6.45) is 12.8. The van der Waals surface area contributed by atoms with E-state index in [1.54, 1.807) is 34.1 Å². The summed E-state index contributed by atoms with van der Waals surface area (Å²) in [5, 5.41) is 12.7. The molecular weight excluding hydrogens is 1040 g/mol. The fourth-order valence-electron chi connectivity index (χ4n) is 12.3. The third-order valence-electron chi connectivity index (χ3n) is 17.4. The summed E-state index contributed by atoms with van der Waals surface area (Å²) in [5.41, 5.74) is 5.13. The highest BCUT2D eigenvalue weighted by atomic mass is 16.6. The van der Waals surface area contributed by atoms with Gasteiger partial charge in [0.1, 0.15) is 6.61 Å². The Hall–Kier alpha value is -7.65. The third kappa shape index (κ3) is 16.1. The van der Waals surface area contributed by atoms with Crippen molar-refractivity contribution in [1.82, 2.24) is 31.1 Å². The minimum absolute atomic E-state index is 0.0416. The van der Waals surface area contributed by atoms with E-state index in [2.05, 4.69) is 57.7 Å². The van der Waals surface area contributed by atoms with Crippen LogP contribution in [0.1, 0.15) is 144 Å². The lowest BCUT2D eigenvalue weighted by molar-refractivity contribution is -0.149. The lowest BCUT2D eigenvalue weighted by Crippen LogP contribution is -2.43. The minimum atomic E-state index is -0.742. The SMILES string of the molecule is O=C(COCc1ccccc1)OCCCCCCCCCCCCNC(=O)[C@@H]1CN(C(=O)c2ccc(C(=O)N3C[C@@H](C(=O)N[C@H]4C[C@@H]4c4ccccc4)[C@H](C(=O)N[C@H]4C[C@@H]4c4ccccc4)C3)cc2)C[C@H]1C(=O)N[C@H]1C[C@@H]1c1ccccc1. The van der Waals surface area contributed by atoms with E-state index in [0.29, 0.717) is 30.9 Å². The predicted octanol–water partition coefficient (Wildman–Crippen LogP) is 8.86. The van der Waals surface area contributed by atoms with Crippen LogP contribution in [0, 0.1) is 23.7 Å². The van der Waals surface area contributed by atoms with Gasteiger partial charge in [-0.25, -0.2) is 4.79 Å². The van der Waals surface area contributed by atoms with Gasteiger partial charge >= 0.3 is 5.97 Å². The summed E-state index contributed by atoms with van der Waals surface area (Å²) in [5.74, 6) is -4.32. The van der Waals surface area contributed by atoms with Crippen LogP contribution in [0.5, 0.6) is 0 Å². The molecule has 15 heteroatoms. The molecule has 2 saturated heterocycles. The van der Waals surface area contributed by atoms with E-state index in [0.717, 1.165) is 106 Å². The Morgan fingerprint density at radius 3 is 1.16 bits per heavy atom. The van der Waals surface area contributed by atoms with Gasteiger partial charge < -0.3 is 40.5 Å². The topological polar surface area (TPSA) is 193 Å². The van der Waals surface area contributed by atoms with Gasteiger partial charge in [-0.15, -0.1) is 0 Å². The number of carbonyl (C=O) groups excluding carboxylic acids is 7. The molecule has 0 aromatic heterocycles. The van der Waals surface area contributed by atoms with Crippen LogP contribution in [0.3, 0.4) is 0 Å². The van der Waals surface area contributed by atoms with Crippen molar-refractivity contribution >= 4 is 41.4 Å². The van der Waals surface area contributed by atoms with Crippen LogP contribution in [0.25, 0.3) is 0 Å². The van der Waals surface area contributed by atoms with Gasteiger partial charge in [0.2, 0.25) is 23.6 Å². The van der Waals surface area contributed by atoms with E-state index in [9.17, 15) is 33.6 Å². The van der Waals surface area contributed by atoms with Crippen LogP contribution in [-0.2, 0) is 40.1 Å². The van der Waals surface area contributed by atoms with Crippen molar-refractivity contribution in [2.45, 2.75) is 126 Å². The molecule has 0 unspecified atom stereocenters. The Balaban J connectivity index is 0.681. The Bertz CT molecular complexity index is 2910. The molecule has 6 amide bonds. The zero-order valence-corrected chi connectivity index (χ0v) is 47.5. The summed E-state index contributed by atoms with van der Waals surface area (Å²) in [7, 11) is 0. The van der Waals surface area contributed by atoms with E-state index in [-0.39, 0.29) is 110 Å². The highest BCUT2D eigenvalue weighted by Gasteiger charge is 2.50. The van der Waals surface area contributed by atoms with Crippen LogP contribution in [0.15, 0.2) is 146 Å². The molecule has 5 aromatic rings. The number of rotatable bonds is 29. The smallest absolute Gasteiger partial charge is 0.332 e. The van der Waals surface area contributed by atoms with E-state index in [4.69, 9.17) is 9.47 Å². The van der Waals surface area contributed by atoms with Crippen molar-refractivity contribution in [3.8, 4) is 0 Å². The number of benzene rings is 5. The van der Waals surface area contributed by atoms with Crippen LogP contribution in [0.2, 0.25) is 0 Å². The van der Waals surface area contributed by atoms with Crippen LogP contribution >= 0.6 is 0 Å². The second kappa shape index (κ2) is 28.6. The molecule has 436 valence electrons. The van der Waals surface area contributed by atoms with Gasteiger partial charge in [0.15, 0.2) is 0 Å². The molecule has 10 atom stereocenters. The van der Waals surface area contributed by atoms with Gasteiger partial charge in [0.05, 0.1) is 36.9 Å². The Morgan fingerprint density at radius 2 is 0.759 bits per heavy atom. The highest BCUT2D eigenvalue weighted by Crippen LogP contribution is 2.44. The molecule has 15 nitrogen and oxygen atoms in total. The number of likely N-dealkylation sites (tertiary alicyclic amines) is 2. The van der Waals surface area contributed by atoms with Crippen LogP contribution in [-0.4, -0.2) is 115 Å². The van der Waals surface area contributed by atoms with Crippen LogP contribution < -0.4 is 21.3 Å². The molecular formula is C68H80N6O9. The monoisotopic (exact) mass is 1120 g/mol. The lowest BCUT2D eigenvalue weighted by Gasteiger charge is -2.18. The molecule has 5 aromatic carbocycles. The first-order chi connectivity index (χ1) is 40.6. The quantitative estimate of drug-likeness (QED) is 0.0268. The van der Waals surface area contributed by atoms with E-state index < -0.39 is 23.7 Å². The zero-order chi connectivity index (χ0) is 57.5. The number of nitrogens with one attached hydrogen (secondary N) is 4. The van der Waals surface area contributed by atoms with Gasteiger partial charge in [-0.1, -0.05) is 173 Å². The van der Waals surface area contributed by atoms with Gasteiger partial charge in [-0.3, -0.25) is 28.8 Å². The van der Waals surface area contributed by atoms with Crippen LogP contribution in [0.4, 0.5) is 0 Å². The second-order valence-electron chi connectivity index (χ2n) is 23.6. The Labute approximate surface area is 488 Å². The summed E-state index contributed by atoms with van der Waals surface area (Å²) in [6.45, 7) is 1.53. The summed E-state index contributed by atoms with van der Waals surface area (Å²) < 4.78 is 10.8. The molecule has 5 fully saturated rings. The lowest BCUT2D eigenvalue weighted by atomic mass is 9.94. The maximum absolute atomic E-state index is 14.3. The van der Waals surface area contributed by atoms with Crippen molar-refractivity contribution in [2.75, 3.05) is 45.9 Å². The first-order valence-corrected chi connectivity index (χ1v) is 30.4. The molecule has 10 rings (SSSR count). The molecule has 5 aliphatic rings. The first kappa shape index (κ1) is 58.5. The van der Waals surface area contributed by atoms with Gasteiger partial charge in [0.25, 0.3) is 11.8 Å². The molecule has 4 N–H and O–H groups in total. The third-order valence-corrected chi connectivity index (χ3v) is 17.4. The number of hydrogen-bond donors (Lipinski definition) is 4. The first-order valence-electron chi connectivity index (χ1n) is 30.4. The Kier molecular flexibility index (Phi) is 20.1. The molecule has 83 heavy (non-hydrogen) atoms. The van der Waals surface area contributed by atoms with E-state index in [1.165, 1.54) is 0 Å². The van der Waals surface area contributed by atoms with Crippen molar-refractivity contribution in [1.29, 1.82) is 0 Å². The number of unbranched alkanes of at least 4 members (excludes halogenated alkanes) is 9. The summed E-state index contributed by atoms with van der Waals surface area (Å²) >= 11 is 0. The van der Waals surface area contributed by atoms with Crippen molar-refractivity contribution < 1.29 is 43.0 Å². The van der Waals surface area contributed by atoms with Crippen molar-refractivity contribution in [3.05, 3.63) is 179 Å². The molecule has 0 spiro atoms. The average Bonchev–Trinajstić information content (AvgIpc) is 4.53. The molecule has 3 aliphatic carbocycles. The standard InChI is InChI=1S/C68H80N6O9/c75-62(45-82-44-46-23-13-9-14-24-46)83-36-22-8-6-4-2-1-3-5-7-21-35-69-63(76)55-40-73(41-56(55)64(77)70-59-37-52(59)47-25-15-10-16-26-47)67(80)50-31-33-51(34-32-50)68(81)74-42-57(65(78)71-60-38-53(60)48-27-17-11-18-28-48)58(43-74)66(79)72-61-39-54(61)49-29-19-12-20-30-49/h9-20,23-34,52-61H,1-8,21-22,35-45H2,(H,69,76)(H,70,77)(H,71,78)(H,72,79)/t52-,53-,54-,55-,56-,57-,58-,59+,60+,61+/m1/s1. The maximum Gasteiger partial charge on any atom is 0.332 e. The van der Waals surface area contributed by atoms with Gasteiger partial charge in [-0.05, 0) is 78.6 Å². The number of amides is 6. The number of nitrogens with zero attached hydrogens (tertiary/aromatic N) is 2. The number of carbonyl (C=O) groups is 7. The molecule has 0 bridgehead atoms.